The van der Waals surface area contributed by atoms with E-state index in [-0.39, 0.29) is 25.9 Å². The summed E-state index contributed by atoms with van der Waals surface area (Å²) < 4.78 is 46.9. The first-order valence-electron chi connectivity index (χ1n) is 9.02. The maximum absolute atomic E-state index is 14.0. The van der Waals surface area contributed by atoms with E-state index >= 15 is 0 Å². The van der Waals surface area contributed by atoms with Gasteiger partial charge in [0.25, 0.3) is 5.92 Å². The first kappa shape index (κ1) is 20.0. The van der Waals surface area contributed by atoms with E-state index in [1.165, 1.54) is 24.3 Å². The molecule has 3 nitrogen and oxygen atoms in total. The largest absolute Gasteiger partial charge is 0.489 e. The smallest absolute Gasteiger partial charge is 0.303 e. The Morgan fingerprint density at radius 2 is 1.86 bits per heavy atom. The molecule has 2 aromatic carbocycles. The lowest BCUT2D eigenvalue weighted by Gasteiger charge is -2.13. The Morgan fingerprint density at radius 3 is 2.50 bits per heavy atom. The first-order valence-corrected chi connectivity index (χ1v) is 9.02. The van der Waals surface area contributed by atoms with Crippen LogP contribution in [0.25, 0.3) is 5.57 Å². The standard InChI is InChI=1S/C22H21F3O3/c1-14-10-15(3-9-21(26)27)2-8-20(14)28-13-17-11-22(24,25)12-19(17)16-4-6-18(23)7-5-16/h2,4-8,10H,3,9,11-13H2,1H3,(H,26,27). The predicted molar refractivity (Wildman–Crippen MR) is 100 cm³/mol. The SMILES string of the molecule is Cc1cc(CCC(=O)O)ccc1OCC1=C(c2ccc(F)cc2)CC(F)(F)C1. The minimum Gasteiger partial charge on any atom is -0.489 e. The molecule has 0 aliphatic heterocycles. The molecule has 0 heterocycles. The highest BCUT2D eigenvalue weighted by molar-refractivity contribution is 5.72. The van der Waals surface area contributed by atoms with Crippen LogP contribution >= 0.6 is 0 Å². The fourth-order valence-electron chi connectivity index (χ4n) is 3.41. The second kappa shape index (κ2) is 8.09. The van der Waals surface area contributed by atoms with E-state index in [1.54, 1.807) is 12.1 Å². The maximum Gasteiger partial charge on any atom is 0.303 e. The van der Waals surface area contributed by atoms with Crippen LogP contribution in [0, 0.1) is 12.7 Å². The number of hydrogen-bond donors (Lipinski definition) is 1. The summed E-state index contributed by atoms with van der Waals surface area (Å²) in [5.74, 6) is -3.54. The Kier molecular flexibility index (Phi) is 5.77. The second-order valence-electron chi connectivity index (χ2n) is 7.08. The summed E-state index contributed by atoms with van der Waals surface area (Å²) in [6.07, 6.45) is -0.301. The third kappa shape index (κ3) is 4.94. The third-order valence-electron chi connectivity index (χ3n) is 4.80. The van der Waals surface area contributed by atoms with Crippen LogP contribution in [0.1, 0.15) is 36.0 Å². The van der Waals surface area contributed by atoms with Crippen LogP contribution in [-0.4, -0.2) is 23.6 Å². The monoisotopic (exact) mass is 390 g/mol. The van der Waals surface area contributed by atoms with Crippen molar-refractivity contribution in [2.24, 2.45) is 0 Å². The molecule has 1 aliphatic carbocycles. The third-order valence-corrected chi connectivity index (χ3v) is 4.80. The predicted octanol–water partition coefficient (Wildman–Crippen LogP) is 5.41. The molecule has 0 amide bonds. The number of carboxylic acid groups (broad SMARTS) is 1. The summed E-state index contributed by atoms with van der Waals surface area (Å²) in [4.78, 5) is 10.7. The van der Waals surface area contributed by atoms with Crippen molar-refractivity contribution in [3.05, 3.63) is 70.5 Å². The minimum atomic E-state index is -2.84. The molecule has 28 heavy (non-hydrogen) atoms. The summed E-state index contributed by atoms with van der Waals surface area (Å²) in [5.41, 5.74) is 3.28. The first-order chi connectivity index (χ1) is 13.2. The van der Waals surface area contributed by atoms with Gasteiger partial charge in [-0.25, -0.2) is 13.2 Å². The molecular weight excluding hydrogens is 369 g/mol. The van der Waals surface area contributed by atoms with Gasteiger partial charge in [-0.15, -0.1) is 0 Å². The molecule has 0 unspecified atom stereocenters. The maximum atomic E-state index is 14.0. The summed E-state index contributed by atoms with van der Waals surface area (Å²) in [6, 6.07) is 10.9. The van der Waals surface area contributed by atoms with Crippen molar-refractivity contribution >= 4 is 11.5 Å². The number of aliphatic carboxylic acids is 1. The summed E-state index contributed by atoms with van der Waals surface area (Å²) in [5, 5.41) is 8.77. The van der Waals surface area contributed by atoms with E-state index in [2.05, 4.69) is 0 Å². The highest BCUT2D eigenvalue weighted by Gasteiger charge is 2.39. The molecular formula is C22H21F3O3. The van der Waals surface area contributed by atoms with Crippen molar-refractivity contribution < 1.29 is 27.8 Å². The Morgan fingerprint density at radius 1 is 1.14 bits per heavy atom. The zero-order valence-corrected chi connectivity index (χ0v) is 15.5. The molecule has 3 rings (SSSR count). The number of ether oxygens (including phenoxy) is 1. The van der Waals surface area contributed by atoms with Crippen molar-refractivity contribution in [3.63, 3.8) is 0 Å². The Hall–Kier alpha value is -2.76. The van der Waals surface area contributed by atoms with Gasteiger partial charge in [0.2, 0.25) is 0 Å². The van der Waals surface area contributed by atoms with Crippen LogP contribution < -0.4 is 4.74 Å². The van der Waals surface area contributed by atoms with Gasteiger partial charge >= 0.3 is 5.97 Å². The van der Waals surface area contributed by atoms with Gasteiger partial charge < -0.3 is 9.84 Å². The molecule has 0 saturated carbocycles. The number of hydrogen-bond acceptors (Lipinski definition) is 2. The Bertz CT molecular complexity index is 902. The zero-order chi connectivity index (χ0) is 20.3. The summed E-state index contributed by atoms with van der Waals surface area (Å²) >= 11 is 0. The molecule has 0 saturated heterocycles. The molecule has 148 valence electrons. The van der Waals surface area contributed by atoms with E-state index in [9.17, 15) is 18.0 Å². The number of carbonyl (C=O) groups is 1. The van der Waals surface area contributed by atoms with Crippen LogP contribution in [-0.2, 0) is 11.2 Å². The highest BCUT2D eigenvalue weighted by atomic mass is 19.3. The molecule has 0 aromatic heterocycles. The van der Waals surface area contributed by atoms with Gasteiger partial charge in [-0.05, 0) is 59.4 Å². The Balaban J connectivity index is 1.75. The van der Waals surface area contributed by atoms with Crippen LogP contribution in [0.15, 0.2) is 48.0 Å². The average Bonchev–Trinajstić information content (AvgIpc) is 2.94. The van der Waals surface area contributed by atoms with E-state index in [0.29, 0.717) is 28.9 Å². The van der Waals surface area contributed by atoms with Crippen LogP contribution in [0.4, 0.5) is 13.2 Å². The van der Waals surface area contributed by atoms with Crippen molar-refractivity contribution in [2.45, 2.75) is 38.5 Å². The van der Waals surface area contributed by atoms with Gasteiger partial charge in [0, 0.05) is 19.3 Å². The normalized spacial score (nSPS) is 15.7. The number of rotatable bonds is 7. The highest BCUT2D eigenvalue weighted by Crippen LogP contribution is 2.44. The fraction of sp³-hybridized carbons (Fsp3) is 0.318. The molecule has 0 atom stereocenters. The van der Waals surface area contributed by atoms with Crippen molar-refractivity contribution in [3.8, 4) is 5.75 Å². The van der Waals surface area contributed by atoms with E-state index in [4.69, 9.17) is 9.84 Å². The number of aryl methyl sites for hydroxylation is 2. The van der Waals surface area contributed by atoms with Crippen molar-refractivity contribution in [1.82, 2.24) is 0 Å². The second-order valence-corrected chi connectivity index (χ2v) is 7.08. The topological polar surface area (TPSA) is 46.5 Å². The molecule has 0 spiro atoms. The number of alkyl halides is 2. The van der Waals surface area contributed by atoms with E-state index < -0.39 is 17.7 Å². The number of halogens is 3. The number of benzene rings is 2. The number of carboxylic acids is 1. The van der Waals surface area contributed by atoms with Crippen molar-refractivity contribution in [1.29, 1.82) is 0 Å². The lowest BCUT2D eigenvalue weighted by Crippen LogP contribution is -2.11. The summed E-state index contributed by atoms with van der Waals surface area (Å²) in [6.45, 7) is 1.86. The van der Waals surface area contributed by atoms with Gasteiger partial charge in [0.1, 0.15) is 18.2 Å². The molecule has 0 bridgehead atoms. The van der Waals surface area contributed by atoms with Crippen molar-refractivity contribution in [2.75, 3.05) is 6.61 Å². The van der Waals surface area contributed by atoms with Gasteiger partial charge in [-0.1, -0.05) is 24.3 Å². The fourth-order valence-corrected chi connectivity index (χ4v) is 3.41. The van der Waals surface area contributed by atoms with Gasteiger partial charge in [-0.2, -0.15) is 0 Å². The lowest BCUT2D eigenvalue weighted by molar-refractivity contribution is -0.136. The molecule has 0 fully saturated rings. The molecule has 0 radical (unpaired) electrons. The van der Waals surface area contributed by atoms with E-state index in [0.717, 1.165) is 11.1 Å². The zero-order valence-electron chi connectivity index (χ0n) is 15.5. The van der Waals surface area contributed by atoms with Gasteiger partial charge in [0.15, 0.2) is 0 Å². The number of allylic oxidation sites excluding steroid dienone is 1. The minimum absolute atomic E-state index is 0.0254. The molecule has 6 heteroatoms. The Labute approximate surface area is 161 Å². The molecule has 1 N–H and O–H groups in total. The summed E-state index contributed by atoms with van der Waals surface area (Å²) in [7, 11) is 0. The van der Waals surface area contributed by atoms with Gasteiger partial charge in [-0.3, -0.25) is 4.79 Å². The molecule has 2 aromatic rings. The van der Waals surface area contributed by atoms with Crippen LogP contribution in [0.2, 0.25) is 0 Å². The quantitative estimate of drug-likeness (QED) is 0.687. The van der Waals surface area contributed by atoms with E-state index in [1.807, 2.05) is 13.0 Å². The average molecular weight is 390 g/mol. The lowest BCUT2D eigenvalue weighted by atomic mass is 10.0. The van der Waals surface area contributed by atoms with Crippen LogP contribution in [0.5, 0.6) is 5.75 Å². The van der Waals surface area contributed by atoms with Crippen LogP contribution in [0.3, 0.4) is 0 Å². The molecule has 1 aliphatic rings. The van der Waals surface area contributed by atoms with Gasteiger partial charge in [0.05, 0.1) is 0 Å².